The van der Waals surface area contributed by atoms with Gasteiger partial charge in [0.25, 0.3) is 11.8 Å². The summed E-state index contributed by atoms with van der Waals surface area (Å²) < 4.78 is 45.6. The molecule has 1 aliphatic rings. The van der Waals surface area contributed by atoms with Crippen LogP contribution >= 0.6 is 46.4 Å². The largest absolute Gasteiger partial charge is 0.496 e. The number of carbonyl (C=O) groups is 2. The number of amides is 2. The fourth-order valence-corrected chi connectivity index (χ4v) is 5.37. The molecule has 1 aliphatic heterocycles. The van der Waals surface area contributed by atoms with E-state index in [-0.39, 0.29) is 39.5 Å². The normalized spacial score (nSPS) is 17.3. The van der Waals surface area contributed by atoms with Crippen molar-refractivity contribution < 1.29 is 27.5 Å². The quantitative estimate of drug-likeness (QED) is 0.285. The zero-order valence-electron chi connectivity index (χ0n) is 20.4. The van der Waals surface area contributed by atoms with Crippen molar-refractivity contribution in [2.45, 2.75) is 18.1 Å². The number of benzene rings is 2. The molecule has 2 amide bonds. The molecule has 39 heavy (non-hydrogen) atoms. The summed E-state index contributed by atoms with van der Waals surface area (Å²) in [6.07, 6.45) is -4.73. The highest BCUT2D eigenvalue weighted by atomic mass is 35.5. The van der Waals surface area contributed by atoms with Crippen molar-refractivity contribution in [3.05, 3.63) is 91.1 Å². The third-order valence-electron chi connectivity index (χ3n) is 6.53. The number of nitrogens with zero attached hydrogens (tertiary/aromatic N) is 3. The van der Waals surface area contributed by atoms with Crippen LogP contribution in [0.15, 0.2) is 48.5 Å². The van der Waals surface area contributed by atoms with E-state index in [0.29, 0.717) is 10.6 Å². The van der Waals surface area contributed by atoms with Crippen molar-refractivity contribution in [3.8, 4) is 5.75 Å². The number of hydrogen-bond donors (Lipinski definition) is 0. The number of carbonyl (C=O) groups excluding carboxylic acids is 2. The highest BCUT2D eigenvalue weighted by molar-refractivity contribution is 6.42. The minimum Gasteiger partial charge on any atom is -0.496 e. The van der Waals surface area contributed by atoms with Crippen LogP contribution in [0.3, 0.4) is 0 Å². The Morgan fingerprint density at radius 2 is 1.62 bits per heavy atom. The summed E-state index contributed by atoms with van der Waals surface area (Å²) in [5, 5.41) is 0.681. The van der Waals surface area contributed by atoms with Crippen molar-refractivity contribution in [2.24, 2.45) is 0 Å². The summed E-state index contributed by atoms with van der Waals surface area (Å²) in [5.74, 6) is -1.91. The molecule has 0 unspecified atom stereocenters. The molecule has 4 rings (SSSR count). The summed E-state index contributed by atoms with van der Waals surface area (Å²) in [6, 6.07) is 10.2. The van der Waals surface area contributed by atoms with Gasteiger partial charge in [-0.2, -0.15) is 13.2 Å². The first-order chi connectivity index (χ1) is 18.3. The van der Waals surface area contributed by atoms with Gasteiger partial charge in [0.1, 0.15) is 16.1 Å². The average molecular weight is 621 g/mol. The third kappa shape index (κ3) is 6.22. The van der Waals surface area contributed by atoms with Crippen molar-refractivity contribution in [2.75, 3.05) is 27.2 Å². The molecule has 6 nitrogen and oxygen atoms in total. The molecule has 0 saturated carbocycles. The molecule has 1 saturated heterocycles. The molecule has 0 radical (unpaired) electrons. The van der Waals surface area contributed by atoms with Gasteiger partial charge in [-0.1, -0.05) is 52.5 Å². The van der Waals surface area contributed by atoms with Gasteiger partial charge in [0.2, 0.25) is 0 Å². The maximum absolute atomic E-state index is 13.6. The summed E-state index contributed by atoms with van der Waals surface area (Å²) in [4.78, 5) is 33.5. The molecule has 1 aromatic heterocycles. The van der Waals surface area contributed by atoms with E-state index < -0.39 is 41.3 Å². The van der Waals surface area contributed by atoms with Crippen LogP contribution in [-0.2, 0) is 6.18 Å². The molecule has 2 aromatic carbocycles. The number of halogens is 7. The number of ether oxygens (including phenoxy) is 1. The van der Waals surface area contributed by atoms with E-state index in [9.17, 15) is 22.8 Å². The lowest BCUT2D eigenvalue weighted by Gasteiger charge is -2.29. The van der Waals surface area contributed by atoms with Gasteiger partial charge >= 0.3 is 6.18 Å². The van der Waals surface area contributed by atoms with Crippen LogP contribution in [0.5, 0.6) is 5.75 Å². The van der Waals surface area contributed by atoms with E-state index in [4.69, 9.17) is 51.1 Å². The Morgan fingerprint density at radius 3 is 2.21 bits per heavy atom. The van der Waals surface area contributed by atoms with E-state index in [1.807, 2.05) is 0 Å². The molecule has 13 heteroatoms. The number of hydrogen-bond acceptors (Lipinski definition) is 4. The molecule has 1 fully saturated rings. The first kappa shape index (κ1) is 29.3. The highest BCUT2D eigenvalue weighted by Gasteiger charge is 2.41. The molecular formula is C26H20Cl4F3N3O3. The van der Waals surface area contributed by atoms with E-state index in [1.165, 1.54) is 35.0 Å². The summed E-state index contributed by atoms with van der Waals surface area (Å²) in [5.41, 5.74) is -0.357. The van der Waals surface area contributed by atoms with Crippen LogP contribution in [-0.4, -0.2) is 59.9 Å². The van der Waals surface area contributed by atoms with Crippen LogP contribution in [0.25, 0.3) is 0 Å². The Hall–Kier alpha value is -2.72. The zero-order valence-corrected chi connectivity index (χ0v) is 23.4. The van der Waals surface area contributed by atoms with Gasteiger partial charge in [-0.3, -0.25) is 9.59 Å². The van der Waals surface area contributed by atoms with Gasteiger partial charge in [-0.05, 0) is 48.0 Å². The Kier molecular flexibility index (Phi) is 8.56. The van der Waals surface area contributed by atoms with Crippen LogP contribution in [0.1, 0.15) is 37.8 Å². The molecule has 2 heterocycles. The topological polar surface area (TPSA) is 62.7 Å². The molecule has 0 spiro atoms. The SMILES string of the molecule is COc1ccc(C(=O)N(C)[C@@H]2CN(C(=O)c3cc(Cl)nc(Cl)c3)C[C@H]2c2ccc(Cl)c(Cl)c2)cc1C(F)(F)F. The van der Waals surface area contributed by atoms with Crippen LogP contribution in [0.4, 0.5) is 13.2 Å². The monoisotopic (exact) mass is 619 g/mol. The Morgan fingerprint density at radius 1 is 0.949 bits per heavy atom. The number of likely N-dealkylation sites (N-methyl/N-ethyl adjacent to an activating group) is 1. The lowest BCUT2D eigenvalue weighted by atomic mass is 9.93. The van der Waals surface area contributed by atoms with Crippen LogP contribution in [0.2, 0.25) is 20.4 Å². The first-order valence-electron chi connectivity index (χ1n) is 11.4. The minimum absolute atomic E-state index is 0.0369. The molecule has 0 aliphatic carbocycles. The second-order valence-corrected chi connectivity index (χ2v) is 10.5. The Bertz CT molecular complexity index is 1420. The zero-order chi connectivity index (χ0) is 28.6. The van der Waals surface area contributed by atoms with Gasteiger partial charge in [-0.25, -0.2) is 4.98 Å². The molecule has 2 atom stereocenters. The maximum Gasteiger partial charge on any atom is 0.419 e. The fourth-order valence-electron chi connectivity index (χ4n) is 4.60. The van der Waals surface area contributed by atoms with Crippen molar-refractivity contribution in [1.29, 1.82) is 0 Å². The van der Waals surface area contributed by atoms with Crippen LogP contribution in [0, 0.1) is 0 Å². The van der Waals surface area contributed by atoms with Gasteiger partial charge < -0.3 is 14.5 Å². The van der Waals surface area contributed by atoms with E-state index in [0.717, 1.165) is 19.2 Å². The predicted octanol–water partition coefficient (Wildman–Crippen LogP) is 7.10. The predicted molar refractivity (Wildman–Crippen MR) is 143 cm³/mol. The van der Waals surface area contributed by atoms with Gasteiger partial charge in [-0.15, -0.1) is 0 Å². The first-order valence-corrected chi connectivity index (χ1v) is 12.9. The smallest absolute Gasteiger partial charge is 0.419 e. The lowest BCUT2D eigenvalue weighted by molar-refractivity contribution is -0.138. The van der Waals surface area contributed by atoms with Crippen molar-refractivity contribution >= 4 is 58.2 Å². The van der Waals surface area contributed by atoms with E-state index >= 15 is 0 Å². The molecule has 3 aromatic rings. The molecule has 206 valence electrons. The van der Waals surface area contributed by atoms with Crippen LogP contribution < -0.4 is 4.74 Å². The second-order valence-electron chi connectivity index (χ2n) is 8.89. The van der Waals surface area contributed by atoms with Crippen molar-refractivity contribution in [1.82, 2.24) is 14.8 Å². The van der Waals surface area contributed by atoms with E-state index in [1.54, 1.807) is 18.2 Å². The number of aromatic nitrogens is 1. The minimum atomic E-state index is -4.73. The van der Waals surface area contributed by atoms with Gasteiger partial charge in [0, 0.05) is 37.2 Å². The number of likely N-dealkylation sites (tertiary alicyclic amines) is 1. The van der Waals surface area contributed by atoms with Gasteiger partial charge in [0.05, 0.1) is 28.8 Å². The second kappa shape index (κ2) is 11.4. The number of pyridine rings is 1. The molecule has 0 bridgehead atoms. The third-order valence-corrected chi connectivity index (χ3v) is 7.65. The molecular weight excluding hydrogens is 601 g/mol. The number of methoxy groups -OCH3 is 1. The Labute approximate surface area is 242 Å². The number of alkyl halides is 3. The highest BCUT2D eigenvalue weighted by Crippen LogP contribution is 2.38. The Balaban J connectivity index is 1.70. The fraction of sp³-hybridized carbons (Fsp3) is 0.269. The summed E-state index contributed by atoms with van der Waals surface area (Å²) >= 11 is 24.3. The number of rotatable bonds is 5. The molecule has 0 N–H and O–H groups in total. The lowest BCUT2D eigenvalue weighted by Crippen LogP contribution is -2.42. The van der Waals surface area contributed by atoms with Crippen molar-refractivity contribution in [3.63, 3.8) is 0 Å². The maximum atomic E-state index is 13.6. The van der Waals surface area contributed by atoms with E-state index in [2.05, 4.69) is 4.98 Å². The standard InChI is InChI=1S/C26H20Cl4F3N3O3/c1-35(24(37)14-4-6-21(39-2)17(7-14)26(31,32)33)20-12-36(25(38)15-9-22(29)34-23(30)10-15)11-16(20)13-3-5-18(27)19(28)8-13/h3-10,16,20H,11-12H2,1-2H3/t16-,20+/m0/s1. The van der Waals surface area contributed by atoms with Gasteiger partial charge in [0.15, 0.2) is 0 Å². The summed E-state index contributed by atoms with van der Waals surface area (Å²) in [6.45, 7) is 0.249. The summed E-state index contributed by atoms with van der Waals surface area (Å²) in [7, 11) is 2.59. The average Bonchev–Trinajstić information content (AvgIpc) is 3.33.